The van der Waals surface area contributed by atoms with Crippen LogP contribution in [0.15, 0.2) is 59.5 Å². The standard InChI is InChI=1S/C19H18N4O3S/c1-12-6-5-9-14(10-12)27(25,26)19-16-15(11-20-19)22-23-17(16)21-18(24)13-7-3-2-4-8-13/h2-10,19-20H,11H2,1H3,(H2,21,22,23,24). The molecule has 3 N–H and O–H groups in total. The molecule has 0 saturated heterocycles. The number of anilines is 1. The number of benzene rings is 2. The number of aryl methyl sites for hydroxylation is 1. The third-order valence-corrected chi connectivity index (χ3v) is 6.44. The number of fused-ring (bicyclic) bond motifs is 1. The second-order valence-corrected chi connectivity index (χ2v) is 8.44. The zero-order chi connectivity index (χ0) is 19.0. The number of rotatable bonds is 4. The highest BCUT2D eigenvalue weighted by molar-refractivity contribution is 7.91. The van der Waals surface area contributed by atoms with Crippen molar-refractivity contribution in [2.45, 2.75) is 23.7 Å². The molecule has 8 heteroatoms. The first-order chi connectivity index (χ1) is 13.0. The van der Waals surface area contributed by atoms with Crippen molar-refractivity contribution in [1.29, 1.82) is 0 Å². The Bertz CT molecular complexity index is 1110. The van der Waals surface area contributed by atoms with Gasteiger partial charge >= 0.3 is 0 Å². The van der Waals surface area contributed by atoms with Crippen LogP contribution in [-0.4, -0.2) is 24.5 Å². The predicted octanol–water partition coefficient (Wildman–Crippen LogP) is 2.55. The molecule has 1 aliphatic rings. The Kier molecular flexibility index (Phi) is 4.29. The smallest absolute Gasteiger partial charge is 0.256 e. The number of nitrogens with one attached hydrogen (secondary N) is 3. The minimum absolute atomic E-state index is 0.227. The molecule has 3 aromatic rings. The Morgan fingerprint density at radius 1 is 1.15 bits per heavy atom. The number of nitrogens with zero attached hydrogens (tertiary/aromatic N) is 1. The molecule has 1 aromatic heterocycles. The van der Waals surface area contributed by atoms with Crippen LogP contribution in [0.1, 0.15) is 32.6 Å². The minimum atomic E-state index is -3.69. The molecule has 7 nitrogen and oxygen atoms in total. The lowest BCUT2D eigenvalue weighted by atomic mass is 10.2. The van der Waals surface area contributed by atoms with Crippen molar-refractivity contribution in [3.8, 4) is 0 Å². The van der Waals surface area contributed by atoms with Crippen molar-refractivity contribution < 1.29 is 13.2 Å². The van der Waals surface area contributed by atoms with Crippen LogP contribution in [0.4, 0.5) is 5.82 Å². The molecule has 27 heavy (non-hydrogen) atoms. The zero-order valence-corrected chi connectivity index (χ0v) is 15.4. The molecule has 1 unspecified atom stereocenters. The van der Waals surface area contributed by atoms with Crippen LogP contribution in [0.25, 0.3) is 0 Å². The van der Waals surface area contributed by atoms with E-state index in [1.807, 2.05) is 19.1 Å². The summed E-state index contributed by atoms with van der Waals surface area (Å²) in [6.45, 7) is 2.18. The highest BCUT2D eigenvalue weighted by Gasteiger charge is 2.39. The quantitative estimate of drug-likeness (QED) is 0.643. The lowest BCUT2D eigenvalue weighted by Crippen LogP contribution is -2.24. The summed E-state index contributed by atoms with van der Waals surface area (Å²) in [5, 5.41) is 11.7. The number of aromatic nitrogens is 2. The molecule has 138 valence electrons. The topological polar surface area (TPSA) is 104 Å². The molecule has 0 bridgehead atoms. The maximum Gasteiger partial charge on any atom is 0.256 e. The fourth-order valence-corrected chi connectivity index (χ4v) is 4.92. The number of amides is 1. The average molecular weight is 382 g/mol. The van der Waals surface area contributed by atoms with Gasteiger partial charge in [-0.2, -0.15) is 5.10 Å². The van der Waals surface area contributed by atoms with Gasteiger partial charge in [-0.25, -0.2) is 8.42 Å². The summed E-state index contributed by atoms with van der Waals surface area (Å²) in [5.74, 6) is -0.117. The largest absolute Gasteiger partial charge is 0.305 e. The number of sulfone groups is 1. The van der Waals surface area contributed by atoms with Crippen LogP contribution in [0.3, 0.4) is 0 Å². The van der Waals surface area contributed by atoms with Crippen LogP contribution in [0, 0.1) is 6.92 Å². The van der Waals surface area contributed by atoms with Crippen molar-refractivity contribution >= 4 is 21.6 Å². The average Bonchev–Trinajstić information content (AvgIpc) is 3.26. The van der Waals surface area contributed by atoms with E-state index < -0.39 is 15.2 Å². The van der Waals surface area contributed by atoms with Crippen molar-refractivity contribution in [2.75, 3.05) is 5.32 Å². The van der Waals surface area contributed by atoms with Crippen LogP contribution in [0.2, 0.25) is 0 Å². The van der Waals surface area contributed by atoms with Gasteiger partial charge in [0, 0.05) is 12.1 Å². The highest BCUT2D eigenvalue weighted by atomic mass is 32.2. The summed E-state index contributed by atoms with van der Waals surface area (Å²) in [7, 11) is -3.69. The van der Waals surface area contributed by atoms with E-state index in [1.165, 1.54) is 0 Å². The summed E-state index contributed by atoms with van der Waals surface area (Å²) >= 11 is 0. The van der Waals surface area contributed by atoms with E-state index in [1.54, 1.807) is 42.5 Å². The van der Waals surface area contributed by atoms with Crippen molar-refractivity contribution in [2.24, 2.45) is 0 Å². The van der Waals surface area contributed by atoms with E-state index in [2.05, 4.69) is 20.8 Å². The molecular formula is C19H18N4O3S. The SMILES string of the molecule is Cc1cccc(S(=O)(=O)C2NCc3[nH]nc(NC(=O)c4ccccc4)c32)c1. The molecule has 1 amide bonds. The molecule has 4 rings (SSSR count). The van der Waals surface area contributed by atoms with E-state index in [0.717, 1.165) is 5.56 Å². The number of carbonyl (C=O) groups is 1. The lowest BCUT2D eigenvalue weighted by molar-refractivity contribution is 0.102. The van der Waals surface area contributed by atoms with Crippen molar-refractivity contribution in [3.05, 3.63) is 77.0 Å². The molecule has 1 atom stereocenters. The number of hydrogen-bond acceptors (Lipinski definition) is 5. The molecule has 0 radical (unpaired) electrons. The second kappa shape index (κ2) is 6.64. The minimum Gasteiger partial charge on any atom is -0.305 e. The Morgan fingerprint density at radius 3 is 2.67 bits per heavy atom. The van der Waals surface area contributed by atoms with Crippen molar-refractivity contribution in [3.63, 3.8) is 0 Å². The number of hydrogen-bond donors (Lipinski definition) is 3. The summed E-state index contributed by atoms with van der Waals surface area (Å²) < 4.78 is 26.3. The fraction of sp³-hybridized carbons (Fsp3) is 0.158. The first-order valence-corrected chi connectivity index (χ1v) is 9.99. The molecular weight excluding hydrogens is 364 g/mol. The molecule has 2 aromatic carbocycles. The summed E-state index contributed by atoms with van der Waals surface area (Å²) in [4.78, 5) is 12.7. The third-order valence-electron chi connectivity index (χ3n) is 4.51. The van der Waals surface area contributed by atoms with E-state index >= 15 is 0 Å². The summed E-state index contributed by atoms with van der Waals surface area (Å²) in [5.41, 5.74) is 2.44. The maximum absolute atomic E-state index is 13.1. The van der Waals surface area contributed by atoms with Gasteiger partial charge in [0.05, 0.1) is 16.2 Å². The highest BCUT2D eigenvalue weighted by Crippen LogP contribution is 2.37. The Morgan fingerprint density at radius 2 is 1.93 bits per heavy atom. The Labute approximate surface area is 156 Å². The van der Waals surface area contributed by atoms with Gasteiger partial charge in [0.25, 0.3) is 5.91 Å². The van der Waals surface area contributed by atoms with Crippen molar-refractivity contribution in [1.82, 2.24) is 15.5 Å². The van der Waals surface area contributed by atoms with Gasteiger partial charge in [0.1, 0.15) is 5.37 Å². The molecule has 0 fully saturated rings. The van der Waals surface area contributed by atoms with Crippen LogP contribution < -0.4 is 10.6 Å². The molecule has 0 aliphatic carbocycles. The van der Waals surface area contributed by atoms with Gasteiger partial charge in [-0.1, -0.05) is 30.3 Å². The van der Waals surface area contributed by atoms with Crippen LogP contribution in [-0.2, 0) is 16.4 Å². The summed E-state index contributed by atoms with van der Waals surface area (Å²) in [6, 6.07) is 15.5. The Hall–Kier alpha value is -2.97. The van der Waals surface area contributed by atoms with Gasteiger partial charge in [-0.3, -0.25) is 15.2 Å². The van der Waals surface area contributed by atoms with Crippen LogP contribution >= 0.6 is 0 Å². The Balaban J connectivity index is 1.68. The van der Waals surface area contributed by atoms with E-state index in [-0.39, 0.29) is 16.6 Å². The van der Waals surface area contributed by atoms with Gasteiger partial charge in [-0.05, 0) is 36.8 Å². The number of aromatic amines is 1. The molecule has 1 aliphatic heterocycles. The summed E-state index contributed by atoms with van der Waals surface area (Å²) in [6.07, 6.45) is 0. The fourth-order valence-electron chi connectivity index (χ4n) is 3.16. The molecule has 2 heterocycles. The normalized spacial score (nSPS) is 16.1. The predicted molar refractivity (Wildman–Crippen MR) is 101 cm³/mol. The van der Waals surface area contributed by atoms with Gasteiger partial charge in [0.15, 0.2) is 15.7 Å². The third kappa shape index (κ3) is 3.13. The van der Waals surface area contributed by atoms with Gasteiger partial charge < -0.3 is 5.32 Å². The molecule has 0 spiro atoms. The van der Waals surface area contributed by atoms with E-state index in [9.17, 15) is 13.2 Å². The van der Waals surface area contributed by atoms with E-state index in [0.29, 0.717) is 23.4 Å². The van der Waals surface area contributed by atoms with E-state index in [4.69, 9.17) is 0 Å². The number of carbonyl (C=O) groups excluding carboxylic acids is 1. The van der Waals surface area contributed by atoms with Crippen LogP contribution in [0.5, 0.6) is 0 Å². The van der Waals surface area contributed by atoms with Gasteiger partial charge in [-0.15, -0.1) is 0 Å². The molecule has 0 saturated carbocycles. The zero-order valence-electron chi connectivity index (χ0n) is 14.6. The monoisotopic (exact) mass is 382 g/mol. The number of H-pyrrole nitrogens is 1. The van der Waals surface area contributed by atoms with Gasteiger partial charge in [0.2, 0.25) is 0 Å². The first kappa shape index (κ1) is 17.4. The maximum atomic E-state index is 13.1. The lowest BCUT2D eigenvalue weighted by Gasteiger charge is -2.15. The second-order valence-electron chi connectivity index (χ2n) is 6.41. The first-order valence-electron chi connectivity index (χ1n) is 8.44.